The van der Waals surface area contributed by atoms with Gasteiger partial charge in [0.15, 0.2) is 0 Å². The van der Waals surface area contributed by atoms with Gasteiger partial charge in [0.25, 0.3) is 0 Å². The Bertz CT molecular complexity index is 3700. The van der Waals surface area contributed by atoms with Crippen LogP contribution in [0.25, 0.3) is 23.8 Å². The Hall–Kier alpha value is -8.66. The van der Waals surface area contributed by atoms with Gasteiger partial charge in [-0.1, -0.05) is 318 Å². The average molecular weight is 1470 g/mol. The van der Waals surface area contributed by atoms with E-state index in [1.165, 1.54) is 69.3 Å². The number of nitrogens with zero attached hydrogens (tertiary/aromatic N) is 2. The van der Waals surface area contributed by atoms with Crippen LogP contribution in [0.15, 0.2) is 245 Å². The van der Waals surface area contributed by atoms with Gasteiger partial charge >= 0.3 is 0 Å². The van der Waals surface area contributed by atoms with Crippen molar-refractivity contribution >= 4 is 35.6 Å². The third-order valence-electron chi connectivity index (χ3n) is 19.4. The molecule has 0 spiro atoms. The lowest BCUT2D eigenvalue weighted by atomic mass is 9.81. The fraction of sp³-hybridized carbons (Fsp3) is 0.396. The minimum absolute atomic E-state index is 0.0520. The predicted octanol–water partition coefficient (Wildman–Crippen LogP) is 20.7. The number of aliphatic hydroxyl groups excluding tert-OH is 2. The standard InChI is InChI=1S/C15H21NO.C14H20O2.C13H15NO.C13H20O2.C12H14O2.C11H14O2.C10H14.C8H8/c1-3-12(2)14-8-6-13(7-9-14)11-16-10-4-5-15(16)17;1-3-11(2)13-6-4-12(5-7-13)8-15-9-14-10-16-14;1-2-11-5-7-12(8-6-11)10-14-9-3-4-13(14)15;1-3-13(2,11-15-10-9-14)12-7-5-4-6-8-12;1-2-10-3-5-11(6-4-10)7-13-8-12-9-14-12;1-10(9-13-8-7-12)11-5-3-2-4-6-11;1-3-9(2)10-7-5-4-6-8-10;1-2-8-6-4-3-5-7-8/h6-9,12H,3-5,10-11H2,1-2H3;4-7,11,14H,3,8-10H2,1-2H3;2,5-8H,1,3-4,9-10H2;4-8,14H,3,9-11H2,1-2H3;2-6,12H,1,7-9H2;2-6,12H,1,7-9H2;4-9H,3H2,1-2H3;2-7H,1H2. The van der Waals surface area contributed by atoms with Crippen molar-refractivity contribution in [1.29, 1.82) is 0 Å². The first-order valence-electron chi connectivity index (χ1n) is 38.9. The minimum Gasteiger partial charge on any atom is -0.394 e. The molecule has 0 saturated carbocycles. The van der Waals surface area contributed by atoms with E-state index in [-0.39, 0.29) is 24.5 Å². The van der Waals surface area contributed by atoms with Crippen LogP contribution in [0, 0.1) is 0 Å². The molecule has 4 heterocycles. The average Bonchev–Trinajstić information content (AvgIpc) is 0.944. The summed E-state index contributed by atoms with van der Waals surface area (Å²) in [5, 5.41) is 17.2. The summed E-state index contributed by atoms with van der Waals surface area (Å²) >= 11 is 0. The van der Waals surface area contributed by atoms with Crippen molar-refractivity contribution in [2.45, 2.75) is 168 Å². The zero-order chi connectivity index (χ0) is 78.0. The summed E-state index contributed by atoms with van der Waals surface area (Å²) in [7, 11) is 0. The van der Waals surface area contributed by atoms with Crippen molar-refractivity contribution in [2.24, 2.45) is 0 Å². The summed E-state index contributed by atoms with van der Waals surface area (Å²) in [6.07, 6.45) is 14.3. The number of aliphatic hydroxyl groups is 2. The highest BCUT2D eigenvalue weighted by Crippen LogP contribution is 2.28. The van der Waals surface area contributed by atoms with Crippen LogP contribution in [0.2, 0.25) is 0 Å². The molecule has 108 heavy (non-hydrogen) atoms. The predicted molar refractivity (Wildman–Crippen MR) is 449 cm³/mol. The molecular weight excluding hydrogens is 1340 g/mol. The van der Waals surface area contributed by atoms with Crippen molar-refractivity contribution in [3.8, 4) is 0 Å². The van der Waals surface area contributed by atoms with Crippen molar-refractivity contribution in [3.63, 3.8) is 0 Å². The first-order chi connectivity index (χ1) is 52.5. The molecular formula is C96H126N2O10. The monoisotopic (exact) mass is 1470 g/mol. The molecule has 4 saturated heterocycles. The molecule has 2 N–H and O–H groups in total. The van der Waals surface area contributed by atoms with Gasteiger partial charge < -0.3 is 48.4 Å². The Balaban J connectivity index is 0.000000223. The summed E-state index contributed by atoms with van der Waals surface area (Å²) in [6.45, 7) is 42.7. The summed E-state index contributed by atoms with van der Waals surface area (Å²) < 4.78 is 31.7. The highest BCUT2D eigenvalue weighted by Gasteiger charge is 2.26. The molecule has 8 aromatic carbocycles. The molecule has 0 bridgehead atoms. The molecule has 6 unspecified atom stereocenters. The smallest absolute Gasteiger partial charge is 0.222 e. The Morgan fingerprint density at radius 1 is 0.481 bits per heavy atom. The normalized spacial score (nSPS) is 15.6. The van der Waals surface area contributed by atoms with Crippen LogP contribution in [0.3, 0.4) is 0 Å². The van der Waals surface area contributed by atoms with E-state index in [4.69, 9.17) is 38.6 Å². The van der Waals surface area contributed by atoms with E-state index in [0.717, 1.165) is 93.9 Å². The number of hydrogen-bond acceptors (Lipinski definition) is 10. The first-order valence-corrected chi connectivity index (χ1v) is 38.9. The molecule has 0 radical (unpaired) electrons. The molecule has 8 aromatic rings. The van der Waals surface area contributed by atoms with Gasteiger partial charge in [0.1, 0.15) is 12.2 Å². The Kier molecular flexibility index (Phi) is 44.3. The molecule has 580 valence electrons. The van der Waals surface area contributed by atoms with E-state index in [2.05, 4.69) is 209 Å². The summed E-state index contributed by atoms with van der Waals surface area (Å²) in [5.41, 5.74) is 15.9. The van der Waals surface area contributed by atoms with Crippen LogP contribution in [-0.2, 0) is 69.7 Å². The number of ether oxygens (including phenoxy) is 6. The maximum absolute atomic E-state index is 11.5. The van der Waals surface area contributed by atoms with Crippen LogP contribution >= 0.6 is 0 Å². The lowest BCUT2D eigenvalue weighted by molar-refractivity contribution is -0.129. The highest BCUT2D eigenvalue weighted by atomic mass is 16.6. The van der Waals surface area contributed by atoms with Crippen LogP contribution in [-0.4, -0.2) is 123 Å². The van der Waals surface area contributed by atoms with Gasteiger partial charge in [-0.25, -0.2) is 0 Å². The van der Waals surface area contributed by atoms with E-state index in [0.29, 0.717) is 88.5 Å². The third-order valence-corrected chi connectivity index (χ3v) is 19.4. The topological polar surface area (TPSA) is 143 Å². The number of benzene rings is 8. The molecule has 0 aromatic heterocycles. The molecule has 4 aliphatic rings. The van der Waals surface area contributed by atoms with E-state index in [1.54, 1.807) is 0 Å². The number of rotatable bonds is 32. The van der Waals surface area contributed by atoms with E-state index in [1.807, 2.05) is 119 Å². The van der Waals surface area contributed by atoms with Gasteiger partial charge in [0.2, 0.25) is 11.8 Å². The lowest BCUT2D eigenvalue weighted by Gasteiger charge is -2.28. The molecule has 2 amide bonds. The van der Waals surface area contributed by atoms with E-state index in [9.17, 15) is 9.59 Å². The van der Waals surface area contributed by atoms with Gasteiger partial charge in [0, 0.05) is 44.4 Å². The van der Waals surface area contributed by atoms with E-state index < -0.39 is 0 Å². The zero-order valence-electron chi connectivity index (χ0n) is 66.3. The fourth-order valence-corrected chi connectivity index (χ4v) is 11.2. The van der Waals surface area contributed by atoms with Crippen molar-refractivity contribution in [2.75, 3.05) is 79.2 Å². The molecule has 4 aliphatic heterocycles. The number of epoxide rings is 2. The Labute approximate surface area is 649 Å². The Morgan fingerprint density at radius 2 is 0.833 bits per heavy atom. The van der Waals surface area contributed by atoms with Crippen LogP contribution in [0.4, 0.5) is 0 Å². The number of likely N-dealkylation sites (tertiary alicyclic amines) is 2. The quantitative estimate of drug-likeness (QED) is 0.0309. The van der Waals surface area contributed by atoms with Crippen molar-refractivity contribution in [1.82, 2.24) is 9.80 Å². The Morgan fingerprint density at radius 3 is 1.19 bits per heavy atom. The van der Waals surface area contributed by atoms with Gasteiger partial charge in [-0.2, -0.15) is 0 Å². The molecule has 12 nitrogen and oxygen atoms in total. The van der Waals surface area contributed by atoms with E-state index >= 15 is 0 Å². The molecule has 12 heteroatoms. The van der Waals surface area contributed by atoms with Gasteiger partial charge in [-0.3, -0.25) is 9.59 Å². The van der Waals surface area contributed by atoms with Crippen molar-refractivity contribution in [3.05, 3.63) is 311 Å². The second-order valence-electron chi connectivity index (χ2n) is 27.9. The first kappa shape index (κ1) is 90.0. The van der Waals surface area contributed by atoms with Gasteiger partial charge in [-0.15, -0.1) is 0 Å². The zero-order valence-corrected chi connectivity index (χ0v) is 66.3. The van der Waals surface area contributed by atoms with Gasteiger partial charge in [0.05, 0.1) is 79.3 Å². The largest absolute Gasteiger partial charge is 0.394 e. The van der Waals surface area contributed by atoms with Crippen molar-refractivity contribution < 1.29 is 48.2 Å². The molecule has 6 atom stereocenters. The summed E-state index contributed by atoms with van der Waals surface area (Å²) in [5.74, 6) is 2.56. The molecule has 0 aliphatic carbocycles. The van der Waals surface area contributed by atoms with Crippen LogP contribution in [0.5, 0.6) is 0 Å². The maximum atomic E-state index is 11.5. The van der Waals surface area contributed by atoms with Crippen LogP contribution in [0.1, 0.15) is 191 Å². The summed E-state index contributed by atoms with van der Waals surface area (Å²) in [6, 6.07) is 74.8. The highest BCUT2D eigenvalue weighted by molar-refractivity contribution is 5.78. The fourth-order valence-electron chi connectivity index (χ4n) is 11.2. The number of hydrogen-bond donors (Lipinski definition) is 2. The minimum atomic E-state index is 0.0520. The number of carbonyl (C=O) groups is 2. The third kappa shape index (κ3) is 36.5. The number of amides is 2. The van der Waals surface area contributed by atoms with Crippen LogP contribution < -0.4 is 0 Å². The SMILES string of the molecule is C=C(COCCO)c1ccccc1.C=Cc1ccc(CN2CCCC2=O)cc1.C=Cc1ccc(COCC2CO2)cc1.C=Cc1ccccc1.CCC(C)(COCCO)c1ccccc1.CCC(C)c1ccc(CN2CCCC2=O)cc1.CCC(C)c1ccc(COCC2CO2)cc1.CCC(C)c1ccccc1. The maximum Gasteiger partial charge on any atom is 0.222 e. The van der Waals surface area contributed by atoms with Gasteiger partial charge in [-0.05, 0) is 129 Å². The molecule has 12 rings (SSSR count). The number of carbonyl (C=O) groups excluding carboxylic acids is 2. The second-order valence-corrected chi connectivity index (χ2v) is 27.9. The summed E-state index contributed by atoms with van der Waals surface area (Å²) in [4.78, 5) is 26.8. The molecule has 4 fully saturated rings. The second kappa shape index (κ2) is 53.2. The lowest BCUT2D eigenvalue weighted by Crippen LogP contribution is -2.28.